The Morgan fingerprint density at radius 1 is 1.67 bits per heavy atom. The molecule has 0 saturated carbocycles. The number of rotatable bonds is 1. The first-order valence-corrected chi connectivity index (χ1v) is 0.952. The van der Waals surface area contributed by atoms with E-state index in [9.17, 15) is 0 Å². The standard InChI is InChI=1S/C2H2O3.Sr.2H/c3-1-2(4)5;;;/h1H,(H,4,5);;;. The molecule has 0 atom stereocenters. The van der Waals surface area contributed by atoms with Gasteiger partial charge in [0.1, 0.15) is 0 Å². The van der Waals surface area contributed by atoms with E-state index in [2.05, 4.69) is 0 Å². The summed E-state index contributed by atoms with van der Waals surface area (Å²) in [6.45, 7) is 0. The Kier molecular flexibility index (Phi) is 9.18. The third-order valence-electron chi connectivity index (χ3n) is 0.101. The molecule has 0 aromatic heterocycles. The number of hydrogen-bond donors (Lipinski definition) is 1. The predicted molar refractivity (Wildman–Crippen MR) is 22.2 cm³/mol. The van der Waals surface area contributed by atoms with Gasteiger partial charge in [0.25, 0.3) is 0 Å². The number of hydrogen-bond acceptors (Lipinski definition) is 2. The van der Waals surface area contributed by atoms with Crippen LogP contribution in [0.2, 0.25) is 0 Å². The Morgan fingerprint density at radius 2 is 1.83 bits per heavy atom. The number of aliphatic carboxylic acids is 1. The summed E-state index contributed by atoms with van der Waals surface area (Å²) in [6.07, 6.45) is -0.167. The monoisotopic (exact) mass is 164 g/mol. The van der Waals surface area contributed by atoms with Gasteiger partial charge in [0.05, 0.1) is 0 Å². The number of carbonyl (C=O) groups is 2. The number of carboxylic acids is 1. The van der Waals surface area contributed by atoms with Crippen molar-refractivity contribution in [1.29, 1.82) is 0 Å². The molecule has 6 heavy (non-hydrogen) atoms. The van der Waals surface area contributed by atoms with Crippen molar-refractivity contribution in [2.75, 3.05) is 0 Å². The molecule has 1 N–H and O–H groups in total. The van der Waals surface area contributed by atoms with Crippen LogP contribution in [0.25, 0.3) is 0 Å². The van der Waals surface area contributed by atoms with Gasteiger partial charge in [0.2, 0.25) is 6.29 Å². The van der Waals surface area contributed by atoms with Crippen LogP contribution in [-0.4, -0.2) is 62.8 Å². The Labute approximate surface area is 71.6 Å². The Morgan fingerprint density at radius 3 is 1.83 bits per heavy atom. The fourth-order valence-corrected chi connectivity index (χ4v) is 0. The van der Waals surface area contributed by atoms with Gasteiger partial charge in [-0.25, -0.2) is 4.79 Å². The van der Waals surface area contributed by atoms with Crippen LogP contribution in [0.3, 0.4) is 0 Å². The minimum atomic E-state index is -1.43. The maximum absolute atomic E-state index is 9.00. The fraction of sp³-hybridized carbons (Fsp3) is 0. The molecular weight excluding hydrogens is 160 g/mol. The van der Waals surface area contributed by atoms with Crippen LogP contribution < -0.4 is 0 Å². The molecule has 0 spiro atoms. The summed E-state index contributed by atoms with van der Waals surface area (Å²) in [5, 5.41) is 7.35. The average molecular weight is 164 g/mol. The van der Waals surface area contributed by atoms with Crippen molar-refractivity contribution in [2.24, 2.45) is 0 Å². The van der Waals surface area contributed by atoms with Crippen molar-refractivity contribution in [2.45, 2.75) is 0 Å². The Hall–Kier alpha value is 0.621. The molecular formula is C2H4O3Sr. The summed E-state index contributed by atoms with van der Waals surface area (Å²) >= 11 is 0. The van der Waals surface area contributed by atoms with E-state index in [4.69, 9.17) is 14.7 Å². The summed E-state index contributed by atoms with van der Waals surface area (Å²) in [6, 6.07) is 0. The third-order valence-corrected chi connectivity index (χ3v) is 0.101. The SMILES string of the molecule is O=CC(=O)O.[SrH2]. The molecule has 0 radical (unpaired) electrons. The molecule has 0 aliphatic carbocycles. The summed E-state index contributed by atoms with van der Waals surface area (Å²) in [4.78, 5) is 17.9. The summed E-state index contributed by atoms with van der Waals surface area (Å²) < 4.78 is 0. The van der Waals surface area contributed by atoms with Crippen LogP contribution in [-0.2, 0) is 9.59 Å². The Bertz CT molecular complexity index is 59.8. The molecule has 0 rings (SSSR count). The molecule has 0 amide bonds. The molecule has 32 valence electrons. The van der Waals surface area contributed by atoms with E-state index in [0.717, 1.165) is 0 Å². The molecule has 0 heterocycles. The van der Waals surface area contributed by atoms with Crippen molar-refractivity contribution < 1.29 is 14.7 Å². The van der Waals surface area contributed by atoms with Gasteiger partial charge in [0.15, 0.2) is 0 Å². The summed E-state index contributed by atoms with van der Waals surface area (Å²) in [5.41, 5.74) is 0. The van der Waals surface area contributed by atoms with Crippen molar-refractivity contribution in [3.63, 3.8) is 0 Å². The fourth-order valence-electron chi connectivity index (χ4n) is 0. The van der Waals surface area contributed by atoms with E-state index in [0.29, 0.717) is 0 Å². The van der Waals surface area contributed by atoms with Crippen LogP contribution in [0.1, 0.15) is 0 Å². The molecule has 0 aliphatic heterocycles. The predicted octanol–water partition coefficient (Wildman–Crippen LogP) is -1.65. The minimum absolute atomic E-state index is 0. The second-order valence-electron chi connectivity index (χ2n) is 0.456. The molecule has 0 aromatic carbocycles. The number of carbonyl (C=O) groups excluding carboxylic acids is 1. The van der Waals surface area contributed by atoms with Crippen molar-refractivity contribution in [3.05, 3.63) is 0 Å². The van der Waals surface area contributed by atoms with E-state index in [1.54, 1.807) is 0 Å². The van der Waals surface area contributed by atoms with Gasteiger partial charge in [-0.3, -0.25) is 4.79 Å². The topological polar surface area (TPSA) is 54.4 Å². The van der Waals surface area contributed by atoms with E-state index in [1.807, 2.05) is 0 Å². The van der Waals surface area contributed by atoms with Crippen LogP contribution in [0.5, 0.6) is 0 Å². The quantitative estimate of drug-likeness (QED) is 0.287. The van der Waals surface area contributed by atoms with E-state index < -0.39 is 5.97 Å². The van der Waals surface area contributed by atoms with Gasteiger partial charge in [-0.05, 0) is 0 Å². The van der Waals surface area contributed by atoms with Gasteiger partial charge >= 0.3 is 51.5 Å². The molecule has 0 bridgehead atoms. The van der Waals surface area contributed by atoms with Crippen molar-refractivity contribution >= 4 is 57.7 Å². The first-order valence-electron chi connectivity index (χ1n) is 0.952. The maximum atomic E-state index is 9.00. The van der Waals surface area contributed by atoms with Gasteiger partial charge in [-0.1, -0.05) is 0 Å². The third kappa shape index (κ3) is 8.82. The average Bonchev–Trinajstić information content (AvgIpc) is 1.38. The second-order valence-corrected chi connectivity index (χ2v) is 0.456. The normalized spacial score (nSPS) is 5.33. The molecule has 3 nitrogen and oxygen atoms in total. The first-order chi connectivity index (χ1) is 2.27. The van der Waals surface area contributed by atoms with Crippen molar-refractivity contribution in [1.82, 2.24) is 0 Å². The molecule has 4 heteroatoms. The molecule has 0 aliphatic rings. The van der Waals surface area contributed by atoms with Crippen LogP contribution in [0.4, 0.5) is 0 Å². The summed E-state index contributed by atoms with van der Waals surface area (Å²) in [7, 11) is 0. The van der Waals surface area contributed by atoms with Gasteiger partial charge in [-0.2, -0.15) is 0 Å². The number of aldehydes is 1. The van der Waals surface area contributed by atoms with E-state index in [-0.39, 0.29) is 51.8 Å². The van der Waals surface area contributed by atoms with Gasteiger partial charge in [-0.15, -0.1) is 0 Å². The van der Waals surface area contributed by atoms with Crippen molar-refractivity contribution in [3.8, 4) is 0 Å². The van der Waals surface area contributed by atoms with Crippen LogP contribution in [0.15, 0.2) is 0 Å². The Balaban J connectivity index is 0. The second kappa shape index (κ2) is 5.62. The zero-order valence-corrected chi connectivity index (χ0v) is 2.34. The molecule has 0 unspecified atom stereocenters. The van der Waals surface area contributed by atoms with Gasteiger partial charge in [0, 0.05) is 0 Å². The molecule has 0 saturated heterocycles. The van der Waals surface area contributed by atoms with Gasteiger partial charge < -0.3 is 5.11 Å². The van der Waals surface area contributed by atoms with Crippen LogP contribution in [0, 0.1) is 0 Å². The summed E-state index contributed by atoms with van der Waals surface area (Å²) in [5.74, 6) is -1.43. The van der Waals surface area contributed by atoms with E-state index in [1.165, 1.54) is 0 Å². The number of carboxylic acid groups (broad SMARTS) is 1. The van der Waals surface area contributed by atoms with E-state index >= 15 is 0 Å². The zero-order chi connectivity index (χ0) is 4.28. The first kappa shape index (κ1) is 9.80. The zero-order valence-electron chi connectivity index (χ0n) is 2.34. The molecule has 0 aromatic rings. The molecule has 0 fully saturated rings. The van der Waals surface area contributed by atoms with Crippen LogP contribution >= 0.6 is 0 Å².